The summed E-state index contributed by atoms with van der Waals surface area (Å²) in [5.41, 5.74) is 1.02. The molecule has 0 fully saturated rings. The van der Waals surface area contributed by atoms with Crippen LogP contribution in [0.4, 0.5) is 0 Å². The maximum Gasteiger partial charge on any atom is 0.155 e. The molecule has 0 radical (unpaired) electrons. The van der Waals surface area contributed by atoms with Crippen LogP contribution >= 0.6 is 15.9 Å². The van der Waals surface area contributed by atoms with Crippen molar-refractivity contribution in [3.8, 4) is 5.75 Å². The van der Waals surface area contributed by atoms with E-state index in [9.17, 15) is 8.42 Å². The van der Waals surface area contributed by atoms with Crippen LogP contribution in [-0.2, 0) is 16.4 Å². The third-order valence-electron chi connectivity index (χ3n) is 2.95. The van der Waals surface area contributed by atoms with Crippen LogP contribution in [0.15, 0.2) is 22.7 Å². The minimum Gasteiger partial charge on any atom is -0.491 e. The molecule has 0 saturated heterocycles. The molecular weight excluding hydrogens is 342 g/mol. The fourth-order valence-corrected chi connectivity index (χ4v) is 2.92. The topological polar surface area (TPSA) is 55.4 Å². The molecule has 1 aromatic carbocycles. The Bertz CT molecular complexity index is 529. The number of ether oxygens (including phenoxy) is 1. The Morgan fingerprint density at radius 3 is 2.65 bits per heavy atom. The summed E-state index contributed by atoms with van der Waals surface area (Å²) in [7, 11) is -3.07. The SMILES string of the molecule is CCNCc1cccc(Br)c1OCCS(=O)(=O)C(C)C. The van der Waals surface area contributed by atoms with Crippen LogP contribution in [0.2, 0.25) is 0 Å². The van der Waals surface area contributed by atoms with E-state index in [1.54, 1.807) is 13.8 Å². The normalized spacial score (nSPS) is 11.8. The van der Waals surface area contributed by atoms with Crippen LogP contribution in [-0.4, -0.2) is 32.6 Å². The molecule has 1 aromatic rings. The van der Waals surface area contributed by atoms with E-state index in [0.717, 1.165) is 16.6 Å². The molecule has 1 N–H and O–H groups in total. The smallest absolute Gasteiger partial charge is 0.155 e. The Balaban J connectivity index is 2.72. The number of nitrogens with one attached hydrogen (secondary N) is 1. The summed E-state index contributed by atoms with van der Waals surface area (Å²) < 4.78 is 30.0. The van der Waals surface area contributed by atoms with Gasteiger partial charge in [0, 0.05) is 12.1 Å². The lowest BCUT2D eigenvalue weighted by Gasteiger charge is -2.14. The summed E-state index contributed by atoms with van der Waals surface area (Å²) in [5, 5.41) is 2.87. The first-order chi connectivity index (χ1) is 9.38. The first-order valence-corrected chi connectivity index (χ1v) is 9.21. The van der Waals surface area contributed by atoms with Crippen molar-refractivity contribution in [3.05, 3.63) is 28.2 Å². The summed E-state index contributed by atoms with van der Waals surface area (Å²) >= 11 is 3.45. The van der Waals surface area contributed by atoms with E-state index >= 15 is 0 Å². The highest BCUT2D eigenvalue weighted by molar-refractivity contribution is 9.10. The van der Waals surface area contributed by atoms with Gasteiger partial charge in [-0.25, -0.2) is 8.42 Å². The predicted octanol–water partition coefficient (Wildman–Crippen LogP) is 2.76. The number of rotatable bonds is 8. The zero-order valence-corrected chi connectivity index (χ0v) is 14.6. The highest BCUT2D eigenvalue weighted by atomic mass is 79.9. The van der Waals surface area contributed by atoms with Crippen LogP contribution in [0.25, 0.3) is 0 Å². The number of hydrogen-bond acceptors (Lipinski definition) is 4. The summed E-state index contributed by atoms with van der Waals surface area (Å²) in [4.78, 5) is 0. The number of halogens is 1. The van der Waals surface area contributed by atoms with Gasteiger partial charge in [-0.05, 0) is 42.4 Å². The minimum absolute atomic E-state index is 0.0344. The average Bonchev–Trinajstić information content (AvgIpc) is 2.38. The molecule has 0 aliphatic rings. The molecule has 0 unspecified atom stereocenters. The molecule has 0 spiro atoms. The predicted molar refractivity (Wildman–Crippen MR) is 85.9 cm³/mol. The second-order valence-electron chi connectivity index (χ2n) is 4.77. The highest BCUT2D eigenvalue weighted by Crippen LogP contribution is 2.29. The molecule has 20 heavy (non-hydrogen) atoms. The van der Waals surface area contributed by atoms with E-state index in [2.05, 4.69) is 21.2 Å². The van der Waals surface area contributed by atoms with Crippen molar-refractivity contribution in [3.63, 3.8) is 0 Å². The Kier molecular flexibility index (Phi) is 6.99. The van der Waals surface area contributed by atoms with Crippen LogP contribution < -0.4 is 10.1 Å². The number of sulfone groups is 1. The first-order valence-electron chi connectivity index (χ1n) is 6.71. The van der Waals surface area contributed by atoms with Crippen molar-refractivity contribution in [2.24, 2.45) is 0 Å². The lowest BCUT2D eigenvalue weighted by molar-refractivity contribution is 0.334. The molecule has 0 bridgehead atoms. The number of para-hydroxylation sites is 1. The van der Waals surface area contributed by atoms with Crippen LogP contribution in [0, 0.1) is 0 Å². The zero-order valence-electron chi connectivity index (χ0n) is 12.1. The molecule has 0 atom stereocenters. The maximum atomic E-state index is 11.8. The Morgan fingerprint density at radius 2 is 2.05 bits per heavy atom. The fraction of sp³-hybridized carbons (Fsp3) is 0.571. The Labute approximate surface area is 130 Å². The molecule has 6 heteroatoms. The van der Waals surface area contributed by atoms with Gasteiger partial charge in [-0.1, -0.05) is 19.1 Å². The molecular formula is C14H22BrNO3S. The van der Waals surface area contributed by atoms with Crippen LogP contribution in [0.1, 0.15) is 26.3 Å². The van der Waals surface area contributed by atoms with Crippen molar-refractivity contribution in [2.75, 3.05) is 18.9 Å². The Morgan fingerprint density at radius 1 is 1.35 bits per heavy atom. The van der Waals surface area contributed by atoms with Gasteiger partial charge in [-0.2, -0.15) is 0 Å². The van der Waals surface area contributed by atoms with E-state index in [1.807, 2.05) is 25.1 Å². The lowest BCUT2D eigenvalue weighted by atomic mass is 10.2. The summed E-state index contributed by atoms with van der Waals surface area (Å²) in [6.45, 7) is 7.14. The largest absolute Gasteiger partial charge is 0.491 e. The third kappa shape index (κ3) is 5.07. The number of hydrogen-bond donors (Lipinski definition) is 1. The van der Waals surface area contributed by atoms with Gasteiger partial charge in [0.15, 0.2) is 9.84 Å². The zero-order chi connectivity index (χ0) is 15.2. The summed E-state index contributed by atoms with van der Waals surface area (Å²) in [6, 6.07) is 5.80. The Hall–Kier alpha value is -0.590. The molecule has 0 aliphatic heterocycles. The van der Waals surface area contributed by atoms with Gasteiger partial charge < -0.3 is 10.1 Å². The molecule has 0 saturated carbocycles. The second-order valence-corrected chi connectivity index (χ2v) is 8.30. The minimum atomic E-state index is -3.07. The van der Waals surface area contributed by atoms with Crippen molar-refractivity contribution in [1.82, 2.24) is 5.32 Å². The molecule has 4 nitrogen and oxygen atoms in total. The quantitative estimate of drug-likeness (QED) is 0.771. The van der Waals surface area contributed by atoms with Crippen molar-refractivity contribution in [2.45, 2.75) is 32.6 Å². The van der Waals surface area contributed by atoms with E-state index in [1.165, 1.54) is 0 Å². The maximum absolute atomic E-state index is 11.8. The van der Waals surface area contributed by atoms with Gasteiger partial charge >= 0.3 is 0 Å². The van der Waals surface area contributed by atoms with Gasteiger partial charge in [0.2, 0.25) is 0 Å². The first kappa shape index (κ1) is 17.5. The highest BCUT2D eigenvalue weighted by Gasteiger charge is 2.16. The van der Waals surface area contributed by atoms with Crippen molar-refractivity contribution < 1.29 is 13.2 Å². The van der Waals surface area contributed by atoms with Gasteiger partial charge in [0.05, 0.1) is 15.5 Å². The van der Waals surface area contributed by atoms with Gasteiger partial charge in [0.1, 0.15) is 12.4 Å². The summed E-state index contributed by atoms with van der Waals surface area (Å²) in [5.74, 6) is 0.750. The van der Waals surface area contributed by atoms with E-state index in [-0.39, 0.29) is 17.6 Å². The molecule has 0 heterocycles. The van der Waals surface area contributed by atoms with Gasteiger partial charge in [-0.15, -0.1) is 0 Å². The van der Waals surface area contributed by atoms with Crippen LogP contribution in [0.3, 0.4) is 0 Å². The second kappa shape index (κ2) is 8.00. The fourth-order valence-electron chi connectivity index (χ4n) is 1.61. The molecule has 0 aromatic heterocycles. The van der Waals surface area contributed by atoms with Crippen molar-refractivity contribution >= 4 is 25.8 Å². The van der Waals surface area contributed by atoms with Crippen molar-refractivity contribution in [1.29, 1.82) is 0 Å². The molecule has 114 valence electrons. The lowest BCUT2D eigenvalue weighted by Crippen LogP contribution is -2.22. The average molecular weight is 364 g/mol. The van der Waals surface area contributed by atoms with E-state index in [4.69, 9.17) is 4.74 Å². The molecule has 0 aliphatic carbocycles. The standard InChI is InChI=1S/C14H22BrNO3S/c1-4-16-10-12-6-5-7-13(15)14(12)19-8-9-20(17,18)11(2)3/h5-7,11,16H,4,8-10H2,1-3H3. The van der Waals surface area contributed by atoms with Gasteiger partial charge in [0.25, 0.3) is 0 Å². The number of benzene rings is 1. The van der Waals surface area contributed by atoms with Gasteiger partial charge in [-0.3, -0.25) is 0 Å². The van der Waals surface area contributed by atoms with E-state index < -0.39 is 9.84 Å². The van der Waals surface area contributed by atoms with E-state index in [0.29, 0.717) is 12.3 Å². The third-order valence-corrected chi connectivity index (χ3v) is 5.74. The summed E-state index contributed by atoms with van der Waals surface area (Å²) in [6.07, 6.45) is 0. The molecule has 1 rings (SSSR count). The monoisotopic (exact) mass is 363 g/mol. The van der Waals surface area contributed by atoms with Crippen LogP contribution in [0.5, 0.6) is 5.75 Å². The molecule has 0 amide bonds.